The topological polar surface area (TPSA) is 74.6 Å². The number of imidazole rings is 1. The highest BCUT2D eigenvalue weighted by molar-refractivity contribution is 7.97. The maximum absolute atomic E-state index is 12.8. The summed E-state index contributed by atoms with van der Waals surface area (Å²) in [4.78, 5) is 17.4. The first-order chi connectivity index (χ1) is 13.6. The highest BCUT2D eigenvalue weighted by atomic mass is 32.2. The van der Waals surface area contributed by atoms with Crippen LogP contribution in [0.3, 0.4) is 0 Å². The Morgan fingerprint density at radius 2 is 1.79 bits per heavy atom. The van der Waals surface area contributed by atoms with E-state index in [1.54, 1.807) is 23.9 Å². The van der Waals surface area contributed by atoms with Gasteiger partial charge < -0.3 is 24.1 Å². The molecule has 0 aliphatic heterocycles. The molecule has 148 valence electrons. The van der Waals surface area contributed by atoms with E-state index < -0.39 is 0 Å². The summed E-state index contributed by atoms with van der Waals surface area (Å²) in [5.41, 5.74) is 2.38. The first-order valence-electron chi connectivity index (χ1n) is 8.64. The molecule has 3 aromatic rings. The molecule has 1 aromatic heterocycles. The summed E-state index contributed by atoms with van der Waals surface area (Å²) < 4.78 is 17.9. The standard InChI is InChI=1S/C20H23N3O4S/c1-25-16-9-13(10-17(26-2)20(16)27-3)21-19(24)11-23-15-8-6-5-7-14(15)22-18(23)12-28-4/h5-10H,11-12H2,1-4H3,(H,21,24). The number of para-hydroxylation sites is 2. The molecule has 3 rings (SSSR count). The lowest BCUT2D eigenvalue weighted by Gasteiger charge is -2.15. The molecule has 1 amide bonds. The molecule has 0 radical (unpaired) electrons. The smallest absolute Gasteiger partial charge is 0.244 e. The van der Waals surface area contributed by atoms with Crippen molar-refractivity contribution in [2.75, 3.05) is 32.9 Å². The van der Waals surface area contributed by atoms with Crippen LogP contribution in [0.1, 0.15) is 5.82 Å². The molecule has 0 bridgehead atoms. The van der Waals surface area contributed by atoms with Crippen LogP contribution in [0.15, 0.2) is 36.4 Å². The lowest BCUT2D eigenvalue weighted by atomic mass is 10.2. The van der Waals surface area contributed by atoms with Gasteiger partial charge in [0.25, 0.3) is 0 Å². The summed E-state index contributed by atoms with van der Waals surface area (Å²) in [6.45, 7) is 0.160. The summed E-state index contributed by atoms with van der Waals surface area (Å²) in [6, 6.07) is 11.2. The minimum Gasteiger partial charge on any atom is -0.493 e. The van der Waals surface area contributed by atoms with Crippen molar-refractivity contribution in [1.82, 2.24) is 9.55 Å². The number of methoxy groups -OCH3 is 3. The van der Waals surface area contributed by atoms with E-state index >= 15 is 0 Å². The summed E-state index contributed by atoms with van der Waals surface area (Å²) in [6.07, 6.45) is 2.01. The quantitative estimate of drug-likeness (QED) is 0.622. The number of aromatic nitrogens is 2. The molecule has 0 unspecified atom stereocenters. The SMILES string of the molecule is COc1cc(NC(=O)Cn2c(CSC)nc3ccccc32)cc(OC)c1OC. The van der Waals surface area contributed by atoms with Gasteiger partial charge in [0.1, 0.15) is 12.4 Å². The van der Waals surface area contributed by atoms with E-state index in [-0.39, 0.29) is 12.5 Å². The number of ether oxygens (including phenoxy) is 3. The fraction of sp³-hybridized carbons (Fsp3) is 0.300. The maximum Gasteiger partial charge on any atom is 0.244 e. The second-order valence-corrected chi connectivity index (χ2v) is 6.86. The van der Waals surface area contributed by atoms with Gasteiger partial charge in [-0.25, -0.2) is 4.98 Å². The van der Waals surface area contributed by atoms with Crippen molar-refractivity contribution < 1.29 is 19.0 Å². The van der Waals surface area contributed by atoms with Crippen LogP contribution in [0.4, 0.5) is 5.69 Å². The molecule has 1 heterocycles. The number of amides is 1. The molecule has 0 fully saturated rings. The molecule has 1 N–H and O–H groups in total. The van der Waals surface area contributed by atoms with Crippen LogP contribution < -0.4 is 19.5 Å². The molecule has 28 heavy (non-hydrogen) atoms. The van der Waals surface area contributed by atoms with Gasteiger partial charge in [0.05, 0.1) is 38.1 Å². The third-order valence-corrected chi connectivity index (χ3v) is 4.80. The van der Waals surface area contributed by atoms with E-state index in [2.05, 4.69) is 10.3 Å². The Morgan fingerprint density at radius 3 is 2.39 bits per heavy atom. The minimum absolute atomic E-state index is 0.160. The number of hydrogen-bond donors (Lipinski definition) is 1. The van der Waals surface area contributed by atoms with Gasteiger partial charge in [-0.1, -0.05) is 12.1 Å². The minimum atomic E-state index is -0.167. The number of benzene rings is 2. The summed E-state index contributed by atoms with van der Waals surface area (Å²) in [5.74, 6) is 2.87. The van der Waals surface area contributed by atoms with Crippen LogP contribution in [0, 0.1) is 0 Å². The van der Waals surface area contributed by atoms with Crippen LogP contribution >= 0.6 is 11.8 Å². The average molecular weight is 401 g/mol. The first-order valence-corrected chi connectivity index (χ1v) is 10.0. The zero-order chi connectivity index (χ0) is 20.1. The number of rotatable bonds is 8. The zero-order valence-corrected chi connectivity index (χ0v) is 17.1. The Balaban J connectivity index is 1.87. The van der Waals surface area contributed by atoms with Crippen molar-refractivity contribution in [3.63, 3.8) is 0 Å². The van der Waals surface area contributed by atoms with Crippen LogP contribution in [0.2, 0.25) is 0 Å². The summed E-state index contributed by atoms with van der Waals surface area (Å²) in [5, 5.41) is 2.91. The van der Waals surface area contributed by atoms with Gasteiger partial charge in [-0.15, -0.1) is 0 Å². The Hall–Kier alpha value is -2.87. The Morgan fingerprint density at radius 1 is 1.11 bits per heavy atom. The average Bonchev–Trinajstić information content (AvgIpc) is 3.04. The number of fused-ring (bicyclic) bond motifs is 1. The Kier molecular flexibility index (Phi) is 6.30. The van der Waals surface area contributed by atoms with Crippen LogP contribution in [-0.4, -0.2) is 43.0 Å². The first kappa shape index (κ1) is 19.9. The molecular weight excluding hydrogens is 378 g/mol. The molecule has 0 saturated carbocycles. The molecule has 0 aliphatic carbocycles. The van der Waals surface area contributed by atoms with Crippen LogP contribution in [0.25, 0.3) is 11.0 Å². The van der Waals surface area contributed by atoms with E-state index in [0.29, 0.717) is 22.9 Å². The highest BCUT2D eigenvalue weighted by Gasteiger charge is 2.16. The highest BCUT2D eigenvalue weighted by Crippen LogP contribution is 2.39. The molecule has 7 nitrogen and oxygen atoms in total. The second-order valence-electron chi connectivity index (χ2n) is 6.00. The van der Waals surface area contributed by atoms with E-state index in [0.717, 1.165) is 22.6 Å². The van der Waals surface area contributed by atoms with Gasteiger partial charge in [-0.2, -0.15) is 11.8 Å². The van der Waals surface area contributed by atoms with Gasteiger partial charge >= 0.3 is 0 Å². The molecule has 2 aromatic carbocycles. The van der Waals surface area contributed by atoms with Crippen molar-refractivity contribution in [2.24, 2.45) is 0 Å². The number of carbonyl (C=O) groups is 1. The Bertz CT molecular complexity index is 962. The van der Waals surface area contributed by atoms with Crippen molar-refractivity contribution in [3.05, 3.63) is 42.2 Å². The molecule has 0 spiro atoms. The van der Waals surface area contributed by atoms with Gasteiger partial charge in [0.2, 0.25) is 11.7 Å². The van der Waals surface area contributed by atoms with Crippen LogP contribution in [0.5, 0.6) is 17.2 Å². The van der Waals surface area contributed by atoms with Crippen molar-refractivity contribution in [1.29, 1.82) is 0 Å². The second kappa shape index (κ2) is 8.88. The Labute approximate surface area is 168 Å². The molecule has 0 saturated heterocycles. The van der Waals surface area contributed by atoms with Gasteiger partial charge in [-0.3, -0.25) is 4.79 Å². The number of carbonyl (C=O) groups excluding carboxylic acids is 1. The third-order valence-electron chi connectivity index (χ3n) is 4.26. The normalized spacial score (nSPS) is 10.7. The summed E-state index contributed by atoms with van der Waals surface area (Å²) >= 11 is 1.67. The molecule has 8 heteroatoms. The van der Waals surface area contributed by atoms with Crippen molar-refractivity contribution in [2.45, 2.75) is 12.3 Å². The molecule has 0 aliphatic rings. The monoisotopic (exact) mass is 401 g/mol. The van der Waals surface area contributed by atoms with E-state index in [4.69, 9.17) is 14.2 Å². The molecular formula is C20H23N3O4S. The number of thioether (sulfide) groups is 1. The zero-order valence-electron chi connectivity index (χ0n) is 16.3. The van der Waals surface area contributed by atoms with E-state index in [1.807, 2.05) is 35.1 Å². The van der Waals surface area contributed by atoms with Crippen molar-refractivity contribution >= 4 is 34.4 Å². The van der Waals surface area contributed by atoms with Gasteiger partial charge in [0, 0.05) is 17.8 Å². The van der Waals surface area contributed by atoms with E-state index in [1.165, 1.54) is 21.3 Å². The fourth-order valence-corrected chi connectivity index (χ4v) is 3.52. The predicted molar refractivity (Wildman–Crippen MR) is 112 cm³/mol. The fourth-order valence-electron chi connectivity index (χ4n) is 3.04. The van der Waals surface area contributed by atoms with Gasteiger partial charge in [-0.05, 0) is 18.4 Å². The summed E-state index contributed by atoms with van der Waals surface area (Å²) in [7, 11) is 4.61. The number of nitrogens with one attached hydrogen (secondary N) is 1. The largest absolute Gasteiger partial charge is 0.493 e. The maximum atomic E-state index is 12.8. The van der Waals surface area contributed by atoms with Crippen LogP contribution in [-0.2, 0) is 17.1 Å². The lowest BCUT2D eigenvalue weighted by Crippen LogP contribution is -2.20. The van der Waals surface area contributed by atoms with E-state index in [9.17, 15) is 4.79 Å². The third kappa shape index (κ3) is 4.01. The number of anilines is 1. The van der Waals surface area contributed by atoms with Crippen molar-refractivity contribution in [3.8, 4) is 17.2 Å². The molecule has 0 atom stereocenters. The number of hydrogen-bond acceptors (Lipinski definition) is 6. The lowest BCUT2D eigenvalue weighted by molar-refractivity contribution is -0.116. The predicted octanol–water partition coefficient (Wildman–Crippen LogP) is 3.56. The van der Waals surface area contributed by atoms with Gasteiger partial charge in [0.15, 0.2) is 11.5 Å². The number of nitrogens with zero attached hydrogens (tertiary/aromatic N) is 2.